The molecule has 0 unspecified atom stereocenters. The third-order valence-corrected chi connectivity index (χ3v) is 4.58. The van der Waals surface area contributed by atoms with Gasteiger partial charge in [0.1, 0.15) is 18.1 Å². The maximum atomic E-state index is 13.5. The number of carbonyl (C=O) groups excluding carboxylic acids is 1. The lowest BCUT2D eigenvalue weighted by Crippen LogP contribution is -2.30. The Morgan fingerprint density at radius 2 is 1.90 bits per heavy atom. The lowest BCUT2D eigenvalue weighted by molar-refractivity contribution is -0.116. The monoisotopic (exact) mass is 430 g/mol. The van der Waals surface area contributed by atoms with Crippen molar-refractivity contribution in [1.82, 2.24) is 9.55 Å². The number of ether oxygens (including phenoxy) is 1. The number of aromatic nitrogens is 2. The first kappa shape index (κ1) is 21.3. The van der Waals surface area contributed by atoms with Crippen LogP contribution in [0.3, 0.4) is 0 Å². The van der Waals surface area contributed by atoms with Crippen LogP contribution in [-0.4, -0.2) is 22.6 Å². The summed E-state index contributed by atoms with van der Waals surface area (Å²) < 4.78 is 19.8. The van der Waals surface area contributed by atoms with Crippen molar-refractivity contribution in [3.63, 3.8) is 0 Å². The van der Waals surface area contributed by atoms with E-state index in [9.17, 15) is 14.0 Å². The second-order valence-corrected chi connectivity index (χ2v) is 7.04. The SMILES string of the molecule is COc1ccc(NC(=O)Cn2c(Nc3ccc(F)c(C)c3)nc(C)cc2=O)cc1Cl. The van der Waals surface area contributed by atoms with Crippen LogP contribution in [-0.2, 0) is 11.3 Å². The quantitative estimate of drug-likeness (QED) is 0.616. The Morgan fingerprint density at radius 1 is 1.17 bits per heavy atom. The van der Waals surface area contributed by atoms with Crippen LogP contribution in [0.1, 0.15) is 11.3 Å². The molecule has 0 saturated carbocycles. The van der Waals surface area contributed by atoms with E-state index in [1.54, 1.807) is 38.1 Å². The summed E-state index contributed by atoms with van der Waals surface area (Å²) in [6.07, 6.45) is 0. The summed E-state index contributed by atoms with van der Waals surface area (Å²) in [5, 5.41) is 6.02. The van der Waals surface area contributed by atoms with Gasteiger partial charge in [0.25, 0.3) is 5.56 Å². The van der Waals surface area contributed by atoms with Gasteiger partial charge in [0.2, 0.25) is 11.9 Å². The van der Waals surface area contributed by atoms with Gasteiger partial charge in [0.05, 0.1) is 12.1 Å². The fourth-order valence-electron chi connectivity index (χ4n) is 2.81. The molecular formula is C21H20ClFN4O3. The first-order valence-electron chi connectivity index (χ1n) is 9.02. The van der Waals surface area contributed by atoms with Gasteiger partial charge in [0.15, 0.2) is 0 Å². The lowest BCUT2D eigenvalue weighted by Gasteiger charge is -2.15. The van der Waals surface area contributed by atoms with Crippen LogP contribution in [0.2, 0.25) is 5.02 Å². The van der Waals surface area contributed by atoms with E-state index in [2.05, 4.69) is 15.6 Å². The highest BCUT2D eigenvalue weighted by atomic mass is 35.5. The molecule has 3 aromatic rings. The number of hydrogen-bond acceptors (Lipinski definition) is 5. The minimum atomic E-state index is -0.442. The van der Waals surface area contributed by atoms with Crippen LogP contribution in [0, 0.1) is 19.7 Å². The Balaban J connectivity index is 1.84. The Morgan fingerprint density at radius 3 is 2.57 bits per heavy atom. The molecule has 1 aromatic heterocycles. The van der Waals surface area contributed by atoms with E-state index in [1.807, 2.05) is 0 Å². The number of rotatable bonds is 6. The van der Waals surface area contributed by atoms with Gasteiger partial charge in [-0.3, -0.25) is 14.2 Å². The zero-order chi connectivity index (χ0) is 21.8. The number of hydrogen-bond donors (Lipinski definition) is 2. The Kier molecular flexibility index (Phi) is 6.37. The molecule has 3 rings (SSSR count). The number of halogens is 2. The van der Waals surface area contributed by atoms with E-state index in [1.165, 1.54) is 29.9 Å². The van der Waals surface area contributed by atoms with Crippen molar-refractivity contribution < 1.29 is 13.9 Å². The molecule has 0 radical (unpaired) electrons. The molecule has 156 valence electrons. The summed E-state index contributed by atoms with van der Waals surface area (Å²) in [5.41, 5.74) is 1.53. The van der Waals surface area contributed by atoms with Gasteiger partial charge in [0, 0.05) is 23.1 Å². The maximum Gasteiger partial charge on any atom is 0.255 e. The molecule has 2 aromatic carbocycles. The summed E-state index contributed by atoms with van der Waals surface area (Å²) in [6, 6.07) is 10.6. The lowest BCUT2D eigenvalue weighted by atomic mass is 10.2. The number of benzene rings is 2. The largest absolute Gasteiger partial charge is 0.495 e. The molecule has 7 nitrogen and oxygen atoms in total. The van der Waals surface area contributed by atoms with E-state index in [4.69, 9.17) is 16.3 Å². The highest BCUT2D eigenvalue weighted by Crippen LogP contribution is 2.27. The van der Waals surface area contributed by atoms with Crippen molar-refractivity contribution in [2.45, 2.75) is 20.4 Å². The molecule has 30 heavy (non-hydrogen) atoms. The smallest absolute Gasteiger partial charge is 0.255 e. The number of nitrogens with one attached hydrogen (secondary N) is 2. The molecule has 9 heteroatoms. The second kappa shape index (κ2) is 8.96. The Labute approximate surface area is 177 Å². The van der Waals surface area contributed by atoms with E-state index in [-0.39, 0.29) is 18.3 Å². The molecule has 0 spiro atoms. The molecule has 1 heterocycles. The summed E-state index contributed by atoms with van der Waals surface area (Å²) in [4.78, 5) is 29.4. The van der Waals surface area contributed by atoms with Gasteiger partial charge in [-0.2, -0.15) is 0 Å². The van der Waals surface area contributed by atoms with Crippen LogP contribution in [0.4, 0.5) is 21.7 Å². The van der Waals surface area contributed by atoms with E-state index < -0.39 is 11.5 Å². The van der Waals surface area contributed by atoms with Crippen molar-refractivity contribution >= 4 is 34.8 Å². The topological polar surface area (TPSA) is 85.2 Å². The fraction of sp³-hybridized carbons (Fsp3) is 0.190. The summed E-state index contributed by atoms with van der Waals surface area (Å²) in [6.45, 7) is 3.02. The van der Waals surface area contributed by atoms with Gasteiger partial charge in [-0.1, -0.05) is 11.6 Å². The molecule has 0 aliphatic carbocycles. The predicted molar refractivity (Wildman–Crippen MR) is 114 cm³/mol. The highest BCUT2D eigenvalue weighted by Gasteiger charge is 2.13. The van der Waals surface area contributed by atoms with Crippen LogP contribution in [0.5, 0.6) is 5.75 Å². The van der Waals surface area contributed by atoms with Crippen LogP contribution >= 0.6 is 11.6 Å². The summed E-state index contributed by atoms with van der Waals surface area (Å²) in [5.74, 6) is -0.126. The zero-order valence-corrected chi connectivity index (χ0v) is 17.4. The van der Waals surface area contributed by atoms with Crippen molar-refractivity contribution in [2.75, 3.05) is 17.7 Å². The van der Waals surface area contributed by atoms with Crippen LogP contribution in [0.25, 0.3) is 0 Å². The van der Waals surface area contributed by atoms with Crippen molar-refractivity contribution in [2.24, 2.45) is 0 Å². The average Bonchev–Trinajstić information content (AvgIpc) is 2.67. The molecule has 0 atom stereocenters. The van der Waals surface area contributed by atoms with E-state index in [0.29, 0.717) is 33.4 Å². The first-order chi connectivity index (χ1) is 14.3. The van der Waals surface area contributed by atoms with Gasteiger partial charge < -0.3 is 15.4 Å². The first-order valence-corrected chi connectivity index (χ1v) is 9.39. The molecule has 0 aliphatic rings. The Bertz CT molecular complexity index is 1160. The van der Waals surface area contributed by atoms with E-state index >= 15 is 0 Å². The molecule has 0 saturated heterocycles. The van der Waals surface area contributed by atoms with Gasteiger partial charge >= 0.3 is 0 Å². The van der Waals surface area contributed by atoms with Gasteiger partial charge in [-0.15, -0.1) is 0 Å². The van der Waals surface area contributed by atoms with Crippen molar-refractivity contribution in [3.05, 3.63) is 74.9 Å². The molecule has 0 fully saturated rings. The molecular weight excluding hydrogens is 411 g/mol. The third-order valence-electron chi connectivity index (χ3n) is 4.29. The number of anilines is 3. The Hall–Kier alpha value is -3.39. The van der Waals surface area contributed by atoms with Gasteiger partial charge in [-0.25, -0.2) is 9.37 Å². The van der Waals surface area contributed by atoms with Crippen molar-refractivity contribution in [1.29, 1.82) is 0 Å². The number of nitrogens with zero attached hydrogens (tertiary/aromatic N) is 2. The standard InChI is InChI=1S/C21H20ClFN4O3/c1-12-8-14(4-6-17(12)23)26-21-24-13(2)9-20(29)27(21)11-19(28)25-15-5-7-18(30-3)16(22)10-15/h4-10H,11H2,1-3H3,(H,24,26)(H,25,28). The number of carbonyl (C=O) groups is 1. The maximum absolute atomic E-state index is 13.5. The van der Waals surface area contributed by atoms with Gasteiger partial charge in [-0.05, 0) is 55.8 Å². The zero-order valence-electron chi connectivity index (χ0n) is 16.6. The molecule has 0 bridgehead atoms. The number of aryl methyl sites for hydroxylation is 2. The normalized spacial score (nSPS) is 10.6. The predicted octanol–water partition coefficient (Wildman–Crippen LogP) is 4.04. The minimum absolute atomic E-state index is 0.175. The molecule has 0 aliphatic heterocycles. The highest BCUT2D eigenvalue weighted by molar-refractivity contribution is 6.32. The van der Waals surface area contributed by atoms with Crippen molar-refractivity contribution in [3.8, 4) is 5.75 Å². The van der Waals surface area contributed by atoms with Crippen LogP contribution in [0.15, 0.2) is 47.3 Å². The summed E-state index contributed by atoms with van der Waals surface area (Å²) in [7, 11) is 1.49. The molecule has 2 N–H and O–H groups in total. The third kappa shape index (κ3) is 4.96. The summed E-state index contributed by atoms with van der Waals surface area (Å²) >= 11 is 6.08. The minimum Gasteiger partial charge on any atom is -0.495 e. The van der Waals surface area contributed by atoms with Crippen LogP contribution < -0.4 is 20.9 Å². The molecule has 1 amide bonds. The van der Waals surface area contributed by atoms with E-state index in [0.717, 1.165) is 0 Å². The second-order valence-electron chi connectivity index (χ2n) is 6.63. The average molecular weight is 431 g/mol. The fourth-order valence-corrected chi connectivity index (χ4v) is 3.07. The number of methoxy groups -OCH3 is 1. The number of amides is 1.